The molecule has 0 radical (unpaired) electrons. The van der Waals surface area contributed by atoms with Gasteiger partial charge < -0.3 is 15.3 Å². The van der Waals surface area contributed by atoms with Gasteiger partial charge in [0.25, 0.3) is 0 Å². The molecule has 1 heterocycles. The maximum Gasteiger partial charge on any atom is 0.224 e. The molecule has 4 nitrogen and oxygen atoms in total. The topological polar surface area (TPSA) is 52.6 Å². The average Bonchev–Trinajstić information content (AvgIpc) is 3.32. The van der Waals surface area contributed by atoms with Crippen LogP contribution in [0.25, 0.3) is 0 Å². The van der Waals surface area contributed by atoms with Crippen molar-refractivity contribution >= 4 is 17.7 Å². The van der Waals surface area contributed by atoms with Crippen LogP contribution in [0.15, 0.2) is 24.3 Å². The molecule has 1 atom stereocenters. The van der Waals surface area contributed by atoms with Crippen molar-refractivity contribution < 1.29 is 9.90 Å². The summed E-state index contributed by atoms with van der Waals surface area (Å²) in [5.41, 5.74) is 1.000. The molecule has 1 saturated carbocycles. The summed E-state index contributed by atoms with van der Waals surface area (Å²) in [5, 5.41) is 13.0. The predicted molar refractivity (Wildman–Crippen MR) is 90.0 cm³/mol. The first kappa shape index (κ1) is 15.7. The number of benzene rings is 1. The van der Waals surface area contributed by atoms with Gasteiger partial charge in [0.1, 0.15) is 5.75 Å². The van der Waals surface area contributed by atoms with Crippen molar-refractivity contribution in [3.8, 4) is 5.75 Å². The standard InChI is InChI=1S/C17H24N2O2S/c20-16-3-1-2-14(8-16)11-19(10-13-4-5-13)17(21)9-15-12-22-7-6-18-15/h1-3,8,13,15,18,20H,4-7,9-12H2. The van der Waals surface area contributed by atoms with Crippen molar-refractivity contribution in [3.63, 3.8) is 0 Å². The van der Waals surface area contributed by atoms with Crippen molar-refractivity contribution in [2.24, 2.45) is 5.92 Å². The van der Waals surface area contributed by atoms with E-state index in [1.165, 1.54) is 12.8 Å². The molecule has 0 bridgehead atoms. The summed E-state index contributed by atoms with van der Waals surface area (Å²) in [7, 11) is 0. The monoisotopic (exact) mass is 320 g/mol. The minimum Gasteiger partial charge on any atom is -0.508 e. The van der Waals surface area contributed by atoms with E-state index in [-0.39, 0.29) is 11.7 Å². The third-order valence-corrected chi connectivity index (χ3v) is 5.36. The quantitative estimate of drug-likeness (QED) is 0.844. The Hall–Kier alpha value is -1.20. The number of phenolic OH excluding ortho intramolecular Hbond substituents is 1. The number of rotatable bonds is 6. The summed E-state index contributed by atoms with van der Waals surface area (Å²) in [6, 6.07) is 7.53. The molecular weight excluding hydrogens is 296 g/mol. The number of carbonyl (C=O) groups is 1. The van der Waals surface area contributed by atoms with Gasteiger partial charge in [0, 0.05) is 43.6 Å². The summed E-state index contributed by atoms with van der Waals surface area (Å²) in [6.45, 7) is 2.45. The first-order chi connectivity index (χ1) is 10.7. The molecule has 2 N–H and O–H groups in total. The van der Waals surface area contributed by atoms with Gasteiger partial charge in [-0.25, -0.2) is 0 Å². The van der Waals surface area contributed by atoms with Crippen molar-refractivity contribution in [2.75, 3.05) is 24.6 Å². The highest BCUT2D eigenvalue weighted by Gasteiger charge is 2.28. The van der Waals surface area contributed by atoms with E-state index in [2.05, 4.69) is 5.32 Å². The third kappa shape index (κ3) is 4.65. The van der Waals surface area contributed by atoms with Crippen LogP contribution in [0.2, 0.25) is 0 Å². The zero-order valence-corrected chi connectivity index (χ0v) is 13.6. The van der Waals surface area contributed by atoms with E-state index in [1.807, 2.05) is 28.8 Å². The molecule has 3 rings (SSSR count). The fourth-order valence-electron chi connectivity index (χ4n) is 2.83. The van der Waals surface area contributed by atoms with E-state index in [4.69, 9.17) is 0 Å². The fraction of sp³-hybridized carbons (Fsp3) is 0.588. The zero-order chi connectivity index (χ0) is 15.4. The van der Waals surface area contributed by atoms with Gasteiger partial charge in [-0.1, -0.05) is 12.1 Å². The van der Waals surface area contributed by atoms with Gasteiger partial charge in [-0.05, 0) is 36.5 Å². The van der Waals surface area contributed by atoms with E-state index in [1.54, 1.807) is 12.1 Å². The molecule has 1 aliphatic carbocycles. The molecule has 1 saturated heterocycles. The highest BCUT2D eigenvalue weighted by Crippen LogP contribution is 2.30. The Balaban J connectivity index is 1.61. The van der Waals surface area contributed by atoms with Crippen LogP contribution < -0.4 is 5.32 Å². The number of aromatic hydroxyl groups is 1. The van der Waals surface area contributed by atoms with Crippen LogP contribution in [0.5, 0.6) is 5.75 Å². The normalized spacial score (nSPS) is 21.5. The molecule has 1 aromatic carbocycles. The van der Waals surface area contributed by atoms with Gasteiger partial charge in [0.2, 0.25) is 5.91 Å². The van der Waals surface area contributed by atoms with Crippen LogP contribution in [0, 0.1) is 5.92 Å². The SMILES string of the molecule is O=C(CC1CSCCN1)N(Cc1cccc(O)c1)CC1CC1. The first-order valence-corrected chi connectivity index (χ1v) is 9.23. The van der Waals surface area contributed by atoms with Crippen molar-refractivity contribution in [1.29, 1.82) is 0 Å². The second kappa shape index (κ2) is 7.38. The molecule has 5 heteroatoms. The maximum atomic E-state index is 12.7. The van der Waals surface area contributed by atoms with Gasteiger partial charge >= 0.3 is 0 Å². The lowest BCUT2D eigenvalue weighted by Crippen LogP contribution is -2.43. The van der Waals surface area contributed by atoms with Gasteiger partial charge in [0.05, 0.1) is 0 Å². The highest BCUT2D eigenvalue weighted by atomic mass is 32.2. The first-order valence-electron chi connectivity index (χ1n) is 8.07. The van der Waals surface area contributed by atoms with Crippen molar-refractivity contribution in [2.45, 2.75) is 31.8 Å². The third-order valence-electron chi connectivity index (χ3n) is 4.23. The number of amides is 1. The second-order valence-corrected chi connectivity index (χ2v) is 7.47. The average molecular weight is 320 g/mol. The number of carbonyl (C=O) groups excluding carboxylic acids is 1. The zero-order valence-electron chi connectivity index (χ0n) is 12.8. The molecule has 1 amide bonds. The summed E-state index contributed by atoms with van der Waals surface area (Å²) in [6.07, 6.45) is 3.06. The number of hydrogen-bond donors (Lipinski definition) is 2. The molecule has 0 aromatic heterocycles. The Morgan fingerprint density at radius 1 is 1.41 bits per heavy atom. The molecule has 2 aliphatic rings. The molecule has 1 unspecified atom stereocenters. The minimum absolute atomic E-state index is 0.232. The lowest BCUT2D eigenvalue weighted by molar-refractivity contribution is -0.132. The van der Waals surface area contributed by atoms with Crippen LogP contribution in [-0.4, -0.2) is 46.6 Å². The summed E-state index contributed by atoms with van der Waals surface area (Å²) >= 11 is 1.92. The Morgan fingerprint density at radius 2 is 2.27 bits per heavy atom. The largest absolute Gasteiger partial charge is 0.508 e. The Kier molecular flexibility index (Phi) is 5.26. The molecular formula is C17H24N2O2S. The van der Waals surface area contributed by atoms with Crippen molar-refractivity contribution in [3.05, 3.63) is 29.8 Å². The summed E-state index contributed by atoms with van der Waals surface area (Å²) in [4.78, 5) is 14.7. The van der Waals surface area contributed by atoms with E-state index in [9.17, 15) is 9.90 Å². The van der Waals surface area contributed by atoms with Crippen LogP contribution in [-0.2, 0) is 11.3 Å². The number of nitrogens with one attached hydrogen (secondary N) is 1. The van der Waals surface area contributed by atoms with E-state index in [0.717, 1.165) is 30.2 Å². The second-order valence-electron chi connectivity index (χ2n) is 6.32. The highest BCUT2D eigenvalue weighted by molar-refractivity contribution is 7.99. The fourth-order valence-corrected chi connectivity index (χ4v) is 3.78. The van der Waals surface area contributed by atoms with Gasteiger partial charge in [-0.3, -0.25) is 4.79 Å². The van der Waals surface area contributed by atoms with Crippen LogP contribution >= 0.6 is 11.8 Å². The lowest BCUT2D eigenvalue weighted by Gasteiger charge is -2.28. The predicted octanol–water partition coefficient (Wildman–Crippen LogP) is 2.23. The number of nitrogens with zero attached hydrogens (tertiary/aromatic N) is 1. The molecule has 120 valence electrons. The van der Waals surface area contributed by atoms with Crippen LogP contribution in [0.4, 0.5) is 0 Å². The minimum atomic E-state index is 0.232. The smallest absolute Gasteiger partial charge is 0.224 e. The Labute approximate surface area is 136 Å². The van der Waals surface area contributed by atoms with E-state index < -0.39 is 0 Å². The Morgan fingerprint density at radius 3 is 2.95 bits per heavy atom. The number of hydrogen-bond acceptors (Lipinski definition) is 4. The van der Waals surface area contributed by atoms with Crippen LogP contribution in [0.1, 0.15) is 24.8 Å². The van der Waals surface area contributed by atoms with Gasteiger partial charge in [-0.2, -0.15) is 11.8 Å². The molecule has 0 spiro atoms. The summed E-state index contributed by atoms with van der Waals surface area (Å²) < 4.78 is 0. The Bertz CT molecular complexity index is 513. The molecule has 2 fully saturated rings. The number of phenols is 1. The van der Waals surface area contributed by atoms with E-state index in [0.29, 0.717) is 24.9 Å². The van der Waals surface area contributed by atoms with Gasteiger partial charge in [-0.15, -0.1) is 0 Å². The maximum absolute atomic E-state index is 12.7. The molecule has 1 aliphatic heterocycles. The van der Waals surface area contributed by atoms with E-state index >= 15 is 0 Å². The van der Waals surface area contributed by atoms with Crippen LogP contribution in [0.3, 0.4) is 0 Å². The summed E-state index contributed by atoms with van der Waals surface area (Å²) in [5.74, 6) is 3.33. The van der Waals surface area contributed by atoms with Gasteiger partial charge in [0.15, 0.2) is 0 Å². The molecule has 1 aromatic rings. The lowest BCUT2D eigenvalue weighted by atomic mass is 10.1. The van der Waals surface area contributed by atoms with Crippen molar-refractivity contribution in [1.82, 2.24) is 10.2 Å². The number of thioether (sulfide) groups is 1. The molecule has 22 heavy (non-hydrogen) atoms.